The first-order valence-corrected chi connectivity index (χ1v) is 12.8. The minimum Gasteiger partial charge on any atom is -0.283 e. The smallest absolute Gasteiger partial charge is 0.283 e. The Labute approximate surface area is 213 Å². The molecule has 1 amide bonds. The van der Waals surface area contributed by atoms with Crippen molar-refractivity contribution in [3.8, 4) is 16.9 Å². The predicted molar refractivity (Wildman–Crippen MR) is 136 cm³/mol. The number of hydrogen-bond acceptors (Lipinski definition) is 5. The average Bonchev–Trinajstić information content (AvgIpc) is 3.20. The number of halogens is 3. The van der Waals surface area contributed by atoms with Crippen LogP contribution in [0.2, 0.25) is 15.1 Å². The number of benzene rings is 2. The summed E-state index contributed by atoms with van der Waals surface area (Å²) in [5.41, 5.74) is 4.49. The van der Waals surface area contributed by atoms with Crippen LogP contribution in [0.1, 0.15) is 42.2 Å². The molecule has 1 aliphatic heterocycles. The zero-order valence-corrected chi connectivity index (χ0v) is 21.3. The van der Waals surface area contributed by atoms with E-state index in [1.54, 1.807) is 42.5 Å². The number of amides is 1. The molecule has 2 heterocycles. The quantitative estimate of drug-likeness (QED) is 0.362. The van der Waals surface area contributed by atoms with Gasteiger partial charge in [0.05, 0.1) is 26.8 Å². The third kappa shape index (κ3) is 5.16. The molecule has 1 fully saturated rings. The summed E-state index contributed by atoms with van der Waals surface area (Å²) in [6, 6.07) is 11.7. The van der Waals surface area contributed by atoms with Crippen LogP contribution in [0, 0.1) is 0 Å². The lowest BCUT2D eigenvalue weighted by Gasteiger charge is -2.26. The van der Waals surface area contributed by atoms with Gasteiger partial charge in [-0.1, -0.05) is 53.4 Å². The first-order chi connectivity index (χ1) is 16.3. The third-order valence-corrected chi connectivity index (χ3v) is 7.07. The monoisotopic (exact) mass is 538 g/mol. The lowest BCUT2D eigenvalue weighted by atomic mass is 10.0. The lowest BCUT2D eigenvalue weighted by Crippen LogP contribution is -2.45. The van der Waals surface area contributed by atoms with E-state index in [-0.39, 0.29) is 16.1 Å². The van der Waals surface area contributed by atoms with Crippen LogP contribution in [0.5, 0.6) is 0 Å². The van der Waals surface area contributed by atoms with Crippen LogP contribution in [0.4, 0.5) is 0 Å². The van der Waals surface area contributed by atoms with Crippen LogP contribution in [0.25, 0.3) is 16.9 Å². The van der Waals surface area contributed by atoms with E-state index in [2.05, 4.69) is 10.5 Å². The Morgan fingerprint density at radius 3 is 2.24 bits per heavy atom. The average molecular weight is 540 g/mol. The van der Waals surface area contributed by atoms with Crippen molar-refractivity contribution in [1.82, 2.24) is 20.2 Å². The highest BCUT2D eigenvalue weighted by Crippen LogP contribution is 2.34. The maximum absolute atomic E-state index is 13.4. The van der Waals surface area contributed by atoms with Crippen molar-refractivity contribution in [2.45, 2.75) is 26.2 Å². The minimum atomic E-state index is -2.60. The number of rotatable bonds is 5. The molecule has 1 N–H and O–H groups in total. The first-order valence-electron chi connectivity index (χ1n) is 10.6. The zero-order chi connectivity index (χ0) is 24.4. The molecular formula is C23H21Cl3N4O3S. The highest BCUT2D eigenvalue weighted by Gasteiger charge is 2.29. The Balaban J connectivity index is 1.98. The fourth-order valence-corrected chi connectivity index (χ4v) is 4.87. The molecule has 4 rings (SSSR count). The number of hydrogen-bond donors (Lipinski definition) is 1. The van der Waals surface area contributed by atoms with Gasteiger partial charge in [-0.2, -0.15) is 13.5 Å². The van der Waals surface area contributed by atoms with Gasteiger partial charge in [0.25, 0.3) is 5.91 Å². The summed E-state index contributed by atoms with van der Waals surface area (Å²) in [5.74, 6) is -0.499. The van der Waals surface area contributed by atoms with Crippen molar-refractivity contribution in [3.05, 3.63) is 68.8 Å². The maximum atomic E-state index is 13.4. The van der Waals surface area contributed by atoms with E-state index in [0.29, 0.717) is 45.1 Å². The van der Waals surface area contributed by atoms with Crippen molar-refractivity contribution >= 4 is 55.9 Å². The summed E-state index contributed by atoms with van der Waals surface area (Å²) in [5, 5.41) is 7.63. The molecule has 3 aromatic rings. The highest BCUT2D eigenvalue weighted by atomic mass is 35.5. The molecule has 11 heteroatoms. The van der Waals surface area contributed by atoms with E-state index in [1.807, 2.05) is 5.01 Å². The summed E-state index contributed by atoms with van der Waals surface area (Å²) in [4.78, 5) is 13.3. The molecular weight excluding hydrogens is 519 g/mol. The van der Waals surface area contributed by atoms with Crippen LogP contribution >= 0.6 is 34.8 Å². The minimum absolute atomic E-state index is 0.0231. The first kappa shape index (κ1) is 24.8. The predicted octanol–water partition coefficient (Wildman–Crippen LogP) is 5.05. The molecule has 0 atom stereocenters. The maximum Gasteiger partial charge on any atom is 0.286 e. The highest BCUT2D eigenvalue weighted by molar-refractivity contribution is 7.73. The Kier molecular flexibility index (Phi) is 7.64. The lowest BCUT2D eigenvalue weighted by molar-refractivity contribution is 0.0744. The molecule has 0 radical (unpaired) electrons. The fourth-order valence-electron chi connectivity index (χ4n) is 3.90. The summed E-state index contributed by atoms with van der Waals surface area (Å²) < 4.78 is 25.6. The zero-order valence-electron chi connectivity index (χ0n) is 18.2. The van der Waals surface area contributed by atoms with E-state index in [0.717, 1.165) is 19.3 Å². The largest absolute Gasteiger partial charge is 0.286 e. The van der Waals surface area contributed by atoms with Gasteiger partial charge in [-0.05, 0) is 50.1 Å². The number of carbonyl (C=O) groups excluding carboxylic acids is 1. The number of hydrazine groups is 1. The van der Waals surface area contributed by atoms with Gasteiger partial charge in [0.15, 0.2) is 5.69 Å². The Bertz CT molecular complexity index is 1370. The van der Waals surface area contributed by atoms with Crippen molar-refractivity contribution in [2.75, 3.05) is 13.1 Å². The molecule has 7 nitrogen and oxygen atoms in total. The van der Waals surface area contributed by atoms with Crippen molar-refractivity contribution < 1.29 is 13.2 Å². The van der Waals surface area contributed by atoms with Gasteiger partial charge < -0.3 is 0 Å². The molecule has 2 aromatic carbocycles. The van der Waals surface area contributed by atoms with E-state index >= 15 is 0 Å². The second-order valence-electron chi connectivity index (χ2n) is 7.87. The standard InChI is InChI=1S/C23H21Cl3N4O3S/c1-14(34(32)33)20-21(23(31)28-29-11-3-2-4-12-29)27-30(19-10-9-17(25)13-18(19)26)22(20)15-5-7-16(24)8-6-15/h5-10,13H,2-4,11-12H2,1H3,(H,28,31). The molecule has 1 aliphatic rings. The summed E-state index contributed by atoms with van der Waals surface area (Å²) in [7, 11) is -2.60. The Morgan fingerprint density at radius 1 is 0.971 bits per heavy atom. The molecule has 0 unspecified atom stereocenters. The molecule has 0 saturated carbocycles. The van der Waals surface area contributed by atoms with Crippen molar-refractivity contribution in [2.24, 2.45) is 0 Å². The van der Waals surface area contributed by atoms with Gasteiger partial charge in [-0.25, -0.2) is 9.69 Å². The topological polar surface area (TPSA) is 84.3 Å². The molecule has 0 spiro atoms. The van der Waals surface area contributed by atoms with Crippen LogP contribution in [-0.2, 0) is 10.3 Å². The van der Waals surface area contributed by atoms with E-state index in [4.69, 9.17) is 34.8 Å². The van der Waals surface area contributed by atoms with Gasteiger partial charge in [0.1, 0.15) is 0 Å². The second kappa shape index (κ2) is 10.5. The summed E-state index contributed by atoms with van der Waals surface area (Å²) in [6.07, 6.45) is 3.03. The summed E-state index contributed by atoms with van der Waals surface area (Å²) in [6.45, 7) is 2.86. The number of carbonyl (C=O) groups is 1. The molecule has 34 heavy (non-hydrogen) atoms. The molecule has 1 saturated heterocycles. The van der Waals surface area contributed by atoms with Gasteiger partial charge in [-0.15, -0.1) is 0 Å². The van der Waals surface area contributed by atoms with Crippen LogP contribution in [0.3, 0.4) is 0 Å². The van der Waals surface area contributed by atoms with E-state index in [1.165, 1.54) is 11.6 Å². The van der Waals surface area contributed by atoms with Crippen molar-refractivity contribution in [3.63, 3.8) is 0 Å². The van der Waals surface area contributed by atoms with E-state index < -0.39 is 16.2 Å². The Morgan fingerprint density at radius 2 is 1.62 bits per heavy atom. The van der Waals surface area contributed by atoms with E-state index in [9.17, 15) is 13.2 Å². The number of nitrogens with zero attached hydrogens (tertiary/aromatic N) is 3. The van der Waals surface area contributed by atoms with Crippen molar-refractivity contribution in [1.29, 1.82) is 0 Å². The second-order valence-corrected chi connectivity index (χ2v) is 10.2. The third-order valence-electron chi connectivity index (χ3n) is 5.57. The van der Waals surface area contributed by atoms with Crippen LogP contribution < -0.4 is 5.43 Å². The van der Waals surface area contributed by atoms with Gasteiger partial charge in [-0.3, -0.25) is 10.2 Å². The molecule has 178 valence electrons. The normalized spacial score (nSPS) is 14.1. The Hall–Kier alpha value is -2.36. The number of piperidine rings is 1. The SMILES string of the molecule is CC(c1c(C(=O)NN2CCCCC2)nn(-c2ccc(Cl)cc2Cl)c1-c1ccc(Cl)cc1)=S(=O)=O. The molecule has 1 aromatic heterocycles. The molecule has 0 aliphatic carbocycles. The van der Waals surface area contributed by atoms with Gasteiger partial charge >= 0.3 is 0 Å². The van der Waals surface area contributed by atoms with Gasteiger partial charge in [0.2, 0.25) is 10.3 Å². The fraction of sp³-hybridized carbons (Fsp3) is 0.261. The summed E-state index contributed by atoms with van der Waals surface area (Å²) >= 11 is 18.6. The van der Waals surface area contributed by atoms with Crippen LogP contribution in [0.15, 0.2) is 42.5 Å². The number of nitrogens with one attached hydrogen (secondary N) is 1. The molecule has 0 bridgehead atoms. The van der Waals surface area contributed by atoms with Gasteiger partial charge in [0, 0.05) is 28.7 Å². The van der Waals surface area contributed by atoms with Crippen LogP contribution in [-0.4, -0.2) is 47.1 Å². The number of aromatic nitrogens is 2.